The SMILES string of the molecule is COC1C(OC(N)=O)C(O)C(Oc2cccc3ccc(=O)oc23)OC1(C)C. The number of fused-ring (bicyclic) bond motifs is 1. The topological polar surface area (TPSA) is 130 Å². The number of carbonyl (C=O) groups excluding carboxylic acids is 1. The number of rotatable bonds is 4. The van der Waals surface area contributed by atoms with Crippen LogP contribution >= 0.6 is 0 Å². The lowest BCUT2D eigenvalue weighted by Gasteiger charge is -2.47. The van der Waals surface area contributed by atoms with Crippen molar-refractivity contribution in [1.82, 2.24) is 0 Å². The smallest absolute Gasteiger partial charge is 0.404 e. The molecule has 0 saturated carbocycles. The summed E-state index contributed by atoms with van der Waals surface area (Å²) in [7, 11) is 1.40. The summed E-state index contributed by atoms with van der Waals surface area (Å²) in [4.78, 5) is 22.8. The molecule has 0 spiro atoms. The number of hydrogen-bond acceptors (Lipinski definition) is 8. The Bertz CT molecular complexity index is 892. The zero-order chi connectivity index (χ0) is 19.8. The molecule has 1 aromatic carbocycles. The Morgan fingerprint density at radius 2 is 2.00 bits per heavy atom. The van der Waals surface area contributed by atoms with Crippen LogP contribution in [0.25, 0.3) is 11.0 Å². The molecule has 1 aromatic heterocycles. The van der Waals surface area contributed by atoms with E-state index in [-0.39, 0.29) is 11.3 Å². The molecular weight excluding hydrogens is 358 g/mol. The summed E-state index contributed by atoms with van der Waals surface area (Å²) in [5.74, 6) is 0.193. The first-order valence-electron chi connectivity index (χ1n) is 8.27. The zero-order valence-electron chi connectivity index (χ0n) is 15.1. The molecular formula is C18H21NO8. The Kier molecular flexibility index (Phi) is 5.09. The summed E-state index contributed by atoms with van der Waals surface area (Å²) in [5.41, 5.74) is 3.80. The van der Waals surface area contributed by atoms with Crippen molar-refractivity contribution in [1.29, 1.82) is 0 Å². The lowest BCUT2D eigenvalue weighted by molar-refractivity contribution is -0.304. The van der Waals surface area contributed by atoms with Crippen molar-refractivity contribution in [3.63, 3.8) is 0 Å². The molecule has 9 nitrogen and oxygen atoms in total. The zero-order valence-corrected chi connectivity index (χ0v) is 15.1. The van der Waals surface area contributed by atoms with Crippen LogP contribution in [0.3, 0.4) is 0 Å². The fourth-order valence-electron chi connectivity index (χ4n) is 3.23. The summed E-state index contributed by atoms with van der Waals surface area (Å²) in [6.07, 6.45) is -5.60. The Morgan fingerprint density at radius 1 is 1.26 bits per heavy atom. The van der Waals surface area contributed by atoms with E-state index < -0.39 is 41.9 Å². The monoisotopic (exact) mass is 379 g/mol. The molecule has 1 amide bonds. The van der Waals surface area contributed by atoms with Crippen molar-refractivity contribution in [2.75, 3.05) is 7.11 Å². The number of para-hydroxylation sites is 1. The molecule has 4 atom stereocenters. The molecule has 3 rings (SSSR count). The first kappa shape index (κ1) is 19.2. The van der Waals surface area contributed by atoms with Gasteiger partial charge >= 0.3 is 11.7 Å². The third-order valence-corrected chi connectivity index (χ3v) is 4.38. The molecule has 27 heavy (non-hydrogen) atoms. The molecule has 1 aliphatic rings. The minimum absolute atomic E-state index is 0.193. The fourth-order valence-corrected chi connectivity index (χ4v) is 3.23. The maximum atomic E-state index is 11.6. The van der Waals surface area contributed by atoms with Crippen LogP contribution < -0.4 is 16.1 Å². The number of ether oxygens (including phenoxy) is 4. The molecule has 1 saturated heterocycles. The van der Waals surface area contributed by atoms with Crippen LogP contribution in [0.15, 0.2) is 39.5 Å². The summed E-state index contributed by atoms with van der Waals surface area (Å²) in [5, 5.41) is 11.3. The maximum Gasteiger partial charge on any atom is 0.404 e. The van der Waals surface area contributed by atoms with Crippen molar-refractivity contribution in [3.05, 3.63) is 40.8 Å². The van der Waals surface area contributed by atoms with Crippen molar-refractivity contribution in [2.24, 2.45) is 5.73 Å². The predicted molar refractivity (Wildman–Crippen MR) is 93.3 cm³/mol. The standard InChI is InChI=1S/C18H21NO8/c1-18(2)15(23-3)14(26-17(19)22)12(21)16(27-18)24-10-6-4-5-9-7-8-11(20)25-13(9)10/h4-8,12,14-16,21H,1-3H3,(H2,19,22). The largest absolute Gasteiger partial charge is 0.458 e. The Hall–Kier alpha value is -2.62. The van der Waals surface area contributed by atoms with Crippen LogP contribution in [0.4, 0.5) is 4.79 Å². The highest BCUT2D eigenvalue weighted by Crippen LogP contribution is 2.35. The van der Waals surface area contributed by atoms with Gasteiger partial charge in [-0.1, -0.05) is 12.1 Å². The number of carbonyl (C=O) groups is 1. The van der Waals surface area contributed by atoms with E-state index in [2.05, 4.69) is 0 Å². The molecule has 1 aliphatic heterocycles. The highest BCUT2D eigenvalue weighted by Gasteiger charge is 2.53. The minimum atomic E-state index is -1.40. The van der Waals surface area contributed by atoms with E-state index in [0.717, 1.165) is 0 Å². The summed E-state index contributed by atoms with van der Waals surface area (Å²) >= 11 is 0. The average molecular weight is 379 g/mol. The molecule has 1 fully saturated rings. The average Bonchev–Trinajstić information content (AvgIpc) is 2.59. The van der Waals surface area contributed by atoms with E-state index in [1.807, 2.05) is 0 Å². The molecule has 0 bridgehead atoms. The quantitative estimate of drug-likeness (QED) is 0.757. The van der Waals surface area contributed by atoms with Crippen molar-refractivity contribution < 1.29 is 33.3 Å². The molecule has 2 heterocycles. The third kappa shape index (κ3) is 3.75. The highest BCUT2D eigenvalue weighted by atomic mass is 16.7. The minimum Gasteiger partial charge on any atom is -0.458 e. The molecule has 3 N–H and O–H groups in total. The number of amides is 1. The molecule has 0 radical (unpaired) electrons. The Morgan fingerprint density at radius 3 is 2.67 bits per heavy atom. The predicted octanol–water partition coefficient (Wildman–Crippen LogP) is 1.15. The second-order valence-electron chi connectivity index (χ2n) is 6.68. The van der Waals surface area contributed by atoms with Gasteiger partial charge in [0.05, 0.1) is 5.60 Å². The Balaban J connectivity index is 1.96. The van der Waals surface area contributed by atoms with Crippen LogP contribution in [0, 0.1) is 0 Å². The summed E-state index contributed by atoms with van der Waals surface area (Å²) < 4.78 is 27.2. The van der Waals surface area contributed by atoms with E-state index >= 15 is 0 Å². The molecule has 146 valence electrons. The summed E-state index contributed by atoms with van der Waals surface area (Å²) in [6.45, 7) is 3.40. The van der Waals surface area contributed by atoms with Gasteiger partial charge in [-0.05, 0) is 26.0 Å². The molecule has 4 unspecified atom stereocenters. The maximum absolute atomic E-state index is 11.6. The van der Waals surface area contributed by atoms with Crippen LogP contribution in [0.1, 0.15) is 13.8 Å². The van der Waals surface area contributed by atoms with Gasteiger partial charge in [-0.2, -0.15) is 0 Å². The number of hydrogen-bond donors (Lipinski definition) is 2. The lowest BCUT2D eigenvalue weighted by atomic mass is 9.89. The normalized spacial score (nSPS) is 27.3. The second kappa shape index (κ2) is 7.18. The van der Waals surface area contributed by atoms with Crippen LogP contribution in [-0.4, -0.2) is 48.5 Å². The second-order valence-corrected chi connectivity index (χ2v) is 6.68. The van der Waals surface area contributed by atoms with E-state index in [4.69, 9.17) is 29.1 Å². The van der Waals surface area contributed by atoms with E-state index in [1.54, 1.807) is 38.1 Å². The van der Waals surface area contributed by atoms with Gasteiger partial charge in [0.25, 0.3) is 0 Å². The number of methoxy groups -OCH3 is 1. The van der Waals surface area contributed by atoms with Crippen LogP contribution in [0.2, 0.25) is 0 Å². The number of primary amides is 1. The third-order valence-electron chi connectivity index (χ3n) is 4.38. The highest BCUT2D eigenvalue weighted by molar-refractivity contribution is 5.82. The fraction of sp³-hybridized carbons (Fsp3) is 0.444. The molecule has 0 aliphatic carbocycles. The molecule has 9 heteroatoms. The number of aliphatic hydroxyl groups is 1. The first-order valence-corrected chi connectivity index (χ1v) is 8.27. The Labute approximate surface area is 154 Å². The van der Waals surface area contributed by atoms with Crippen molar-refractivity contribution in [3.8, 4) is 5.75 Å². The van der Waals surface area contributed by atoms with Gasteiger partial charge in [0, 0.05) is 18.6 Å². The van der Waals surface area contributed by atoms with E-state index in [0.29, 0.717) is 5.39 Å². The molecule has 2 aromatic rings. The van der Waals surface area contributed by atoms with Gasteiger partial charge in [0.1, 0.15) is 6.10 Å². The number of benzene rings is 1. The van der Waals surface area contributed by atoms with E-state index in [1.165, 1.54) is 13.2 Å². The number of aliphatic hydroxyl groups excluding tert-OH is 1. The van der Waals surface area contributed by atoms with Gasteiger partial charge in [0.15, 0.2) is 23.5 Å². The van der Waals surface area contributed by atoms with Crippen molar-refractivity contribution >= 4 is 17.1 Å². The first-order chi connectivity index (χ1) is 12.7. The van der Waals surface area contributed by atoms with Crippen LogP contribution in [0.5, 0.6) is 5.75 Å². The van der Waals surface area contributed by atoms with Gasteiger partial charge in [0.2, 0.25) is 6.29 Å². The van der Waals surface area contributed by atoms with Gasteiger partial charge in [-0.25, -0.2) is 9.59 Å². The summed E-state index contributed by atoms with van der Waals surface area (Å²) in [6, 6.07) is 7.90. The van der Waals surface area contributed by atoms with Gasteiger partial charge in [-0.15, -0.1) is 0 Å². The van der Waals surface area contributed by atoms with Gasteiger partial charge < -0.3 is 34.2 Å². The van der Waals surface area contributed by atoms with Crippen LogP contribution in [-0.2, 0) is 14.2 Å². The number of nitrogens with two attached hydrogens (primary N) is 1. The lowest BCUT2D eigenvalue weighted by Crippen LogP contribution is -2.65. The van der Waals surface area contributed by atoms with Gasteiger partial charge in [-0.3, -0.25) is 0 Å². The van der Waals surface area contributed by atoms with Crippen molar-refractivity contribution in [2.45, 2.75) is 44.1 Å². The van der Waals surface area contributed by atoms with E-state index in [9.17, 15) is 14.7 Å².